The molecular formula is C25H30FN7O2. The minimum atomic E-state index is -1.62. The second-order valence-electron chi connectivity index (χ2n) is 9.63. The third-order valence-corrected chi connectivity index (χ3v) is 6.32. The maximum Gasteiger partial charge on any atom is 0.255 e. The smallest absolute Gasteiger partial charge is 0.255 e. The number of aliphatic hydroxyl groups is 1. The van der Waals surface area contributed by atoms with Gasteiger partial charge in [-0.15, -0.1) is 0 Å². The number of nitrogens with zero attached hydrogens (tertiary/aromatic N) is 4. The molecule has 3 aromatic rings. The number of halogens is 1. The summed E-state index contributed by atoms with van der Waals surface area (Å²) in [6.45, 7) is 2.39. The van der Waals surface area contributed by atoms with E-state index in [0.717, 1.165) is 31.2 Å². The molecule has 5 N–H and O–H groups in total. The number of carbonyl (C=O) groups excluding carboxylic acids is 1. The van der Waals surface area contributed by atoms with Gasteiger partial charge >= 0.3 is 0 Å². The molecule has 1 aliphatic carbocycles. The van der Waals surface area contributed by atoms with E-state index in [1.54, 1.807) is 16.6 Å². The van der Waals surface area contributed by atoms with Crippen LogP contribution in [0.4, 0.5) is 10.1 Å². The van der Waals surface area contributed by atoms with Crippen LogP contribution in [0, 0.1) is 11.3 Å². The Morgan fingerprint density at radius 3 is 2.89 bits per heavy atom. The molecule has 184 valence electrons. The van der Waals surface area contributed by atoms with Gasteiger partial charge in [0.05, 0.1) is 52.1 Å². The van der Waals surface area contributed by atoms with Crippen LogP contribution in [0.15, 0.2) is 36.7 Å². The van der Waals surface area contributed by atoms with Gasteiger partial charge in [0.1, 0.15) is 12.2 Å². The van der Waals surface area contributed by atoms with Crippen LogP contribution in [0.3, 0.4) is 0 Å². The molecular weight excluding hydrogens is 449 g/mol. The van der Waals surface area contributed by atoms with Crippen LogP contribution in [-0.2, 0) is 0 Å². The summed E-state index contributed by atoms with van der Waals surface area (Å²) in [5.41, 5.74) is 7.92. The molecule has 1 fully saturated rings. The summed E-state index contributed by atoms with van der Waals surface area (Å²) < 4.78 is 15.9. The Morgan fingerprint density at radius 1 is 1.37 bits per heavy atom. The second-order valence-corrected chi connectivity index (χ2v) is 9.63. The number of amides is 1. The Bertz CT molecular complexity index is 1260. The predicted molar refractivity (Wildman–Crippen MR) is 131 cm³/mol. The zero-order valence-electron chi connectivity index (χ0n) is 19.8. The molecule has 3 aromatic heterocycles. The average molecular weight is 480 g/mol. The van der Waals surface area contributed by atoms with Crippen molar-refractivity contribution < 1.29 is 14.3 Å². The largest absolute Gasteiger partial charge is 0.387 e. The van der Waals surface area contributed by atoms with Crippen LogP contribution in [0.2, 0.25) is 0 Å². The van der Waals surface area contributed by atoms with Gasteiger partial charge in [-0.05, 0) is 63.8 Å². The molecule has 3 heterocycles. The molecule has 0 radical (unpaired) electrons. The second kappa shape index (κ2) is 9.98. The number of rotatable bonds is 7. The van der Waals surface area contributed by atoms with E-state index in [0.29, 0.717) is 22.6 Å². The van der Waals surface area contributed by atoms with Crippen LogP contribution < -0.4 is 16.4 Å². The molecule has 4 rings (SSSR count). The van der Waals surface area contributed by atoms with Gasteiger partial charge in [-0.3, -0.25) is 9.78 Å². The fourth-order valence-electron chi connectivity index (χ4n) is 4.26. The number of aromatic nitrogens is 3. The lowest BCUT2D eigenvalue weighted by Crippen LogP contribution is -2.42. The predicted octanol–water partition coefficient (Wildman–Crippen LogP) is 2.79. The zero-order valence-corrected chi connectivity index (χ0v) is 19.8. The van der Waals surface area contributed by atoms with Crippen molar-refractivity contribution in [3.63, 3.8) is 0 Å². The normalized spacial score (nSPS) is 19.2. The molecule has 3 atom stereocenters. The van der Waals surface area contributed by atoms with Crippen molar-refractivity contribution >= 4 is 17.1 Å². The minimum Gasteiger partial charge on any atom is -0.387 e. The van der Waals surface area contributed by atoms with Gasteiger partial charge in [0.15, 0.2) is 0 Å². The van der Waals surface area contributed by atoms with Crippen LogP contribution in [0.1, 0.15) is 55.5 Å². The first-order chi connectivity index (χ1) is 16.7. The summed E-state index contributed by atoms with van der Waals surface area (Å²) in [7, 11) is 0. The molecule has 35 heavy (non-hydrogen) atoms. The minimum absolute atomic E-state index is 0.0891. The van der Waals surface area contributed by atoms with E-state index in [1.165, 1.54) is 26.2 Å². The zero-order chi connectivity index (χ0) is 25.2. The lowest BCUT2D eigenvalue weighted by Gasteiger charge is -2.29. The van der Waals surface area contributed by atoms with E-state index >= 15 is 0 Å². The van der Waals surface area contributed by atoms with Crippen molar-refractivity contribution in [1.29, 1.82) is 5.26 Å². The fourth-order valence-corrected chi connectivity index (χ4v) is 4.26. The summed E-state index contributed by atoms with van der Waals surface area (Å²) in [6, 6.07) is 9.46. The fraction of sp³-hybridized carbons (Fsp3) is 0.440. The SMILES string of the molecule is CC(C)(O)C(F)CNC(=O)c1cnc(-c2ccc3cc(C#N)cnn23)cc1N[C@H]1CCC[C@@H](N)C1. The first-order valence-electron chi connectivity index (χ1n) is 11.7. The highest BCUT2D eigenvalue weighted by atomic mass is 19.1. The summed E-state index contributed by atoms with van der Waals surface area (Å²) in [6.07, 6.45) is 4.97. The topological polar surface area (TPSA) is 141 Å². The summed E-state index contributed by atoms with van der Waals surface area (Å²) >= 11 is 0. The summed E-state index contributed by atoms with van der Waals surface area (Å²) in [5.74, 6) is -0.490. The Kier molecular flexibility index (Phi) is 7.00. The lowest BCUT2D eigenvalue weighted by molar-refractivity contribution is -0.00177. The van der Waals surface area contributed by atoms with Gasteiger partial charge in [-0.1, -0.05) is 0 Å². The number of pyridine rings is 1. The third-order valence-electron chi connectivity index (χ3n) is 6.32. The number of carbonyl (C=O) groups is 1. The van der Waals surface area contributed by atoms with Crippen molar-refractivity contribution in [1.82, 2.24) is 19.9 Å². The van der Waals surface area contributed by atoms with Crippen molar-refractivity contribution in [3.8, 4) is 17.5 Å². The average Bonchev–Trinajstić information content (AvgIpc) is 3.25. The van der Waals surface area contributed by atoms with Crippen LogP contribution in [0.5, 0.6) is 0 Å². The summed E-state index contributed by atoms with van der Waals surface area (Å²) in [5, 5.41) is 29.3. The molecule has 1 saturated carbocycles. The number of nitrogens with two attached hydrogens (primary N) is 1. The van der Waals surface area contributed by atoms with E-state index in [9.17, 15) is 14.3 Å². The Morgan fingerprint density at radius 2 is 2.17 bits per heavy atom. The number of fused-ring (bicyclic) bond motifs is 1. The molecule has 9 nitrogen and oxygen atoms in total. The monoisotopic (exact) mass is 479 g/mol. The highest BCUT2D eigenvalue weighted by molar-refractivity contribution is 6.00. The molecule has 1 aliphatic rings. The molecule has 0 spiro atoms. The Hall–Kier alpha value is -3.55. The van der Waals surface area contributed by atoms with Crippen molar-refractivity contribution in [2.75, 3.05) is 11.9 Å². The number of nitrogens with one attached hydrogen (secondary N) is 2. The molecule has 0 aliphatic heterocycles. The van der Waals surface area contributed by atoms with Crippen LogP contribution in [0.25, 0.3) is 16.9 Å². The first-order valence-corrected chi connectivity index (χ1v) is 11.7. The Labute approximate surface area is 203 Å². The van der Waals surface area contributed by atoms with Crippen molar-refractivity contribution in [2.45, 2.75) is 63.4 Å². The number of alkyl halides is 1. The molecule has 1 unspecified atom stereocenters. The third kappa shape index (κ3) is 5.58. The molecule has 0 saturated heterocycles. The quantitative estimate of drug-likeness (QED) is 0.408. The van der Waals surface area contributed by atoms with Crippen LogP contribution in [-0.4, -0.2) is 56.0 Å². The van der Waals surface area contributed by atoms with Gasteiger partial charge in [-0.2, -0.15) is 10.4 Å². The molecule has 10 heteroatoms. The van der Waals surface area contributed by atoms with Crippen molar-refractivity contribution in [3.05, 3.63) is 47.8 Å². The molecule has 0 bridgehead atoms. The van der Waals surface area contributed by atoms with E-state index in [2.05, 4.69) is 26.8 Å². The van der Waals surface area contributed by atoms with E-state index in [1.807, 2.05) is 12.1 Å². The Balaban J connectivity index is 1.66. The number of anilines is 1. The number of nitriles is 1. The van der Waals surface area contributed by atoms with Gasteiger partial charge < -0.3 is 21.5 Å². The number of hydrogen-bond donors (Lipinski definition) is 4. The molecule has 1 amide bonds. The summed E-state index contributed by atoms with van der Waals surface area (Å²) in [4.78, 5) is 17.5. The maximum absolute atomic E-state index is 14.2. The van der Waals surface area contributed by atoms with Crippen molar-refractivity contribution in [2.24, 2.45) is 5.73 Å². The number of hydrogen-bond acceptors (Lipinski definition) is 7. The van der Waals surface area contributed by atoms with Gasteiger partial charge in [0.25, 0.3) is 5.91 Å². The van der Waals surface area contributed by atoms with Gasteiger partial charge in [-0.25, -0.2) is 8.91 Å². The van der Waals surface area contributed by atoms with Crippen LogP contribution >= 0.6 is 0 Å². The van der Waals surface area contributed by atoms with Gasteiger partial charge in [0.2, 0.25) is 0 Å². The first kappa shape index (κ1) is 24.6. The standard InChI is InChI=1S/C25H30FN7O2/c1-25(2,35)23(26)14-30-24(34)19-13-29-21(10-20(19)32-17-5-3-4-16(28)9-17)22-7-6-18-8-15(11-27)12-31-33(18)22/h6-8,10,12-13,16-17,23,35H,3-5,9,14,28H2,1-2H3,(H,29,32)(H,30,34)/t16-,17+,23?/m1/s1. The maximum atomic E-state index is 14.2. The van der Waals surface area contributed by atoms with E-state index in [-0.39, 0.29) is 24.2 Å². The highest BCUT2D eigenvalue weighted by Gasteiger charge is 2.28. The lowest BCUT2D eigenvalue weighted by atomic mass is 9.91. The van der Waals surface area contributed by atoms with E-state index < -0.39 is 17.7 Å². The molecule has 0 aromatic carbocycles. The van der Waals surface area contributed by atoms with Gasteiger partial charge in [0, 0.05) is 18.3 Å². The highest BCUT2D eigenvalue weighted by Crippen LogP contribution is 2.28. The van der Waals surface area contributed by atoms with E-state index in [4.69, 9.17) is 11.0 Å².